The maximum Gasteiger partial charge on any atom is 0.235 e. The Morgan fingerprint density at radius 2 is 2.20 bits per heavy atom. The van der Waals surface area contributed by atoms with Crippen molar-refractivity contribution in [3.05, 3.63) is 30.1 Å². The molecular weight excluding hydrogens is 259 g/mol. The van der Waals surface area contributed by atoms with Crippen LogP contribution in [0.5, 0.6) is 0 Å². The van der Waals surface area contributed by atoms with Crippen LogP contribution in [0.1, 0.15) is 26.2 Å². The van der Waals surface area contributed by atoms with Crippen LogP contribution in [0.15, 0.2) is 24.3 Å². The zero-order valence-electron chi connectivity index (χ0n) is 11.4. The molecule has 0 aromatic heterocycles. The number of rotatable bonds is 1. The number of benzene rings is 1. The summed E-state index contributed by atoms with van der Waals surface area (Å²) in [5, 5.41) is 3.29. The normalized spacial score (nSPS) is 30.3. The minimum absolute atomic E-state index is 0.0416. The third-order valence-corrected chi connectivity index (χ3v) is 4.25. The number of carbonyl (C=O) groups is 2. The summed E-state index contributed by atoms with van der Waals surface area (Å²) in [6, 6.07) is 6.08. The van der Waals surface area contributed by atoms with Crippen LogP contribution < -0.4 is 10.2 Å². The molecule has 0 radical (unpaired) electrons. The molecule has 0 saturated carbocycles. The van der Waals surface area contributed by atoms with Crippen molar-refractivity contribution in [2.45, 2.75) is 37.8 Å². The lowest BCUT2D eigenvalue weighted by Crippen LogP contribution is -2.58. The third-order valence-electron chi connectivity index (χ3n) is 4.25. The van der Waals surface area contributed by atoms with E-state index in [1.807, 2.05) is 6.92 Å². The number of nitrogens with one attached hydrogen (secondary N) is 1. The summed E-state index contributed by atoms with van der Waals surface area (Å²) >= 11 is 0. The van der Waals surface area contributed by atoms with Gasteiger partial charge >= 0.3 is 0 Å². The number of nitrogens with zero attached hydrogens (tertiary/aromatic N) is 1. The second-order valence-corrected chi connectivity index (χ2v) is 5.65. The molecule has 20 heavy (non-hydrogen) atoms. The highest BCUT2D eigenvalue weighted by atomic mass is 19.1. The largest absolute Gasteiger partial charge is 0.314 e. The molecule has 2 heterocycles. The van der Waals surface area contributed by atoms with Gasteiger partial charge in [-0.15, -0.1) is 0 Å². The van der Waals surface area contributed by atoms with Crippen molar-refractivity contribution in [1.29, 1.82) is 0 Å². The van der Waals surface area contributed by atoms with Crippen LogP contribution in [0.4, 0.5) is 10.1 Å². The van der Waals surface area contributed by atoms with Crippen molar-refractivity contribution in [3.63, 3.8) is 0 Å². The fraction of sp³-hybridized carbons (Fsp3) is 0.467. The molecule has 1 aromatic rings. The number of Topliss-reactive ketones (excluding diaryl/α,β-unsaturated/α-hetero) is 1. The van der Waals surface area contributed by atoms with E-state index in [9.17, 15) is 14.0 Å². The summed E-state index contributed by atoms with van der Waals surface area (Å²) in [5.74, 6) is -0.665. The first kappa shape index (κ1) is 13.2. The lowest BCUT2D eigenvalue weighted by Gasteiger charge is -2.42. The number of anilines is 1. The average molecular weight is 276 g/mol. The molecule has 4 nitrogen and oxygen atoms in total. The Balaban J connectivity index is 2.06. The molecule has 0 unspecified atom stereocenters. The fourth-order valence-corrected chi connectivity index (χ4v) is 3.41. The molecule has 2 atom stereocenters. The number of ketones is 1. The van der Waals surface area contributed by atoms with Crippen molar-refractivity contribution in [2.24, 2.45) is 0 Å². The van der Waals surface area contributed by atoms with Crippen molar-refractivity contribution in [3.8, 4) is 0 Å². The molecule has 1 spiro atoms. The highest BCUT2D eigenvalue weighted by Gasteiger charge is 2.54. The fourth-order valence-electron chi connectivity index (χ4n) is 3.41. The SMILES string of the molecule is C[C@H]1C[C@]2(CCN1)C(=O)CC(=O)N2c1cccc(F)c1. The number of hydrogen-bond donors (Lipinski definition) is 1. The predicted molar refractivity (Wildman–Crippen MR) is 72.9 cm³/mol. The molecule has 1 amide bonds. The van der Waals surface area contributed by atoms with Crippen molar-refractivity contribution < 1.29 is 14.0 Å². The Hall–Kier alpha value is -1.75. The Kier molecular flexibility index (Phi) is 3.09. The van der Waals surface area contributed by atoms with Gasteiger partial charge in [-0.05, 0) is 44.5 Å². The number of halogens is 1. The first-order chi connectivity index (χ1) is 9.53. The van der Waals surface area contributed by atoms with Crippen molar-refractivity contribution in [2.75, 3.05) is 11.4 Å². The van der Waals surface area contributed by atoms with E-state index in [0.717, 1.165) is 0 Å². The number of amides is 1. The molecule has 2 fully saturated rings. The van der Waals surface area contributed by atoms with Gasteiger partial charge in [0.15, 0.2) is 5.78 Å². The Morgan fingerprint density at radius 3 is 2.90 bits per heavy atom. The maximum absolute atomic E-state index is 13.4. The van der Waals surface area contributed by atoms with Crippen LogP contribution in [0.3, 0.4) is 0 Å². The van der Waals surface area contributed by atoms with E-state index < -0.39 is 11.4 Å². The average Bonchev–Trinajstić information content (AvgIpc) is 2.60. The van der Waals surface area contributed by atoms with Gasteiger partial charge in [-0.25, -0.2) is 4.39 Å². The molecule has 106 valence electrons. The van der Waals surface area contributed by atoms with E-state index in [1.54, 1.807) is 12.1 Å². The molecule has 1 aromatic carbocycles. The molecule has 2 aliphatic heterocycles. The first-order valence-corrected chi connectivity index (χ1v) is 6.88. The molecule has 0 aliphatic carbocycles. The predicted octanol–water partition coefficient (Wildman–Crippen LogP) is 1.64. The quantitative estimate of drug-likeness (QED) is 0.793. The van der Waals surface area contributed by atoms with Gasteiger partial charge < -0.3 is 5.32 Å². The molecule has 0 bridgehead atoms. The van der Waals surface area contributed by atoms with E-state index >= 15 is 0 Å². The van der Waals surface area contributed by atoms with E-state index in [2.05, 4.69) is 5.32 Å². The number of piperidine rings is 1. The summed E-state index contributed by atoms with van der Waals surface area (Å²) in [4.78, 5) is 26.2. The van der Waals surface area contributed by atoms with Crippen LogP contribution in [0.25, 0.3) is 0 Å². The van der Waals surface area contributed by atoms with Gasteiger partial charge in [-0.1, -0.05) is 6.07 Å². The van der Waals surface area contributed by atoms with Crippen LogP contribution in [-0.4, -0.2) is 29.8 Å². The van der Waals surface area contributed by atoms with Crippen LogP contribution >= 0.6 is 0 Å². The van der Waals surface area contributed by atoms with E-state index in [4.69, 9.17) is 0 Å². The zero-order valence-corrected chi connectivity index (χ0v) is 11.4. The van der Waals surface area contributed by atoms with Crippen LogP contribution in [0.2, 0.25) is 0 Å². The van der Waals surface area contributed by atoms with Gasteiger partial charge in [0.05, 0.1) is 6.42 Å². The minimum Gasteiger partial charge on any atom is -0.314 e. The topological polar surface area (TPSA) is 49.4 Å². The minimum atomic E-state index is -0.796. The molecule has 2 saturated heterocycles. The lowest BCUT2D eigenvalue weighted by atomic mass is 9.81. The van der Waals surface area contributed by atoms with E-state index in [-0.39, 0.29) is 24.2 Å². The van der Waals surface area contributed by atoms with Crippen LogP contribution in [-0.2, 0) is 9.59 Å². The standard InChI is InChI=1S/C15H17FN2O2/c1-10-9-15(5-6-17-10)13(19)8-14(20)18(15)12-4-2-3-11(16)7-12/h2-4,7,10,17H,5-6,8-9H2,1H3/t10-,15+/m0/s1. The summed E-state index contributed by atoms with van der Waals surface area (Å²) in [7, 11) is 0. The molecule has 3 rings (SSSR count). The lowest BCUT2D eigenvalue weighted by molar-refractivity contribution is -0.124. The zero-order chi connectivity index (χ0) is 14.3. The summed E-state index contributed by atoms with van der Waals surface area (Å²) in [6.07, 6.45) is 1.08. The highest BCUT2D eigenvalue weighted by Crippen LogP contribution is 2.40. The molecule has 2 aliphatic rings. The summed E-state index contributed by atoms with van der Waals surface area (Å²) in [6.45, 7) is 2.69. The Bertz CT molecular complexity index is 575. The van der Waals surface area contributed by atoms with Crippen molar-refractivity contribution in [1.82, 2.24) is 5.32 Å². The van der Waals surface area contributed by atoms with Gasteiger partial charge in [0.25, 0.3) is 0 Å². The number of carbonyl (C=O) groups excluding carboxylic acids is 2. The summed E-state index contributed by atoms with van der Waals surface area (Å²) < 4.78 is 13.4. The smallest absolute Gasteiger partial charge is 0.235 e. The molecular formula is C15H17FN2O2. The highest BCUT2D eigenvalue weighted by molar-refractivity contribution is 6.19. The first-order valence-electron chi connectivity index (χ1n) is 6.88. The molecule has 5 heteroatoms. The van der Waals surface area contributed by atoms with Gasteiger partial charge in [0.1, 0.15) is 11.4 Å². The van der Waals surface area contributed by atoms with E-state index in [1.165, 1.54) is 17.0 Å². The summed E-state index contributed by atoms with van der Waals surface area (Å²) in [5.41, 5.74) is -0.315. The van der Waals surface area contributed by atoms with Crippen LogP contribution in [0, 0.1) is 5.82 Å². The van der Waals surface area contributed by atoms with Gasteiger partial charge in [-0.3, -0.25) is 14.5 Å². The second kappa shape index (κ2) is 4.66. The number of hydrogen-bond acceptors (Lipinski definition) is 3. The van der Waals surface area contributed by atoms with Gasteiger partial charge in [0, 0.05) is 11.7 Å². The van der Waals surface area contributed by atoms with Gasteiger partial charge in [-0.2, -0.15) is 0 Å². The maximum atomic E-state index is 13.4. The van der Waals surface area contributed by atoms with Gasteiger partial charge in [0.2, 0.25) is 5.91 Å². The third kappa shape index (κ3) is 1.93. The van der Waals surface area contributed by atoms with Crippen molar-refractivity contribution >= 4 is 17.4 Å². The Morgan fingerprint density at radius 1 is 1.40 bits per heavy atom. The van der Waals surface area contributed by atoms with E-state index in [0.29, 0.717) is 25.1 Å². The Labute approximate surface area is 117 Å². The monoisotopic (exact) mass is 276 g/mol. The second-order valence-electron chi connectivity index (χ2n) is 5.65. The molecule has 1 N–H and O–H groups in total.